The van der Waals surface area contributed by atoms with E-state index in [9.17, 15) is 0 Å². The van der Waals surface area contributed by atoms with Crippen LogP contribution in [0, 0.1) is 5.92 Å². The Labute approximate surface area is 132 Å². The zero-order valence-corrected chi connectivity index (χ0v) is 15.0. The fourth-order valence-electron chi connectivity index (χ4n) is 2.22. The normalized spacial score (nSPS) is 15.2. The summed E-state index contributed by atoms with van der Waals surface area (Å²) >= 11 is 0. The Kier molecular flexibility index (Phi) is 9.45. The molecule has 0 aromatic rings. The second-order valence-electron chi connectivity index (χ2n) is 5.75. The quantitative estimate of drug-likeness (QED) is 0.444. The van der Waals surface area contributed by atoms with E-state index in [1.807, 2.05) is 0 Å². The average molecular weight is 284 g/mol. The fourth-order valence-corrected chi connectivity index (χ4v) is 2.22. The summed E-state index contributed by atoms with van der Waals surface area (Å²) in [4.78, 5) is 0. The highest BCUT2D eigenvalue weighted by molar-refractivity contribution is 5.51. The lowest BCUT2D eigenvalue weighted by molar-refractivity contribution is 0.824. The highest BCUT2D eigenvalue weighted by Crippen LogP contribution is 2.23. The average Bonchev–Trinajstić information content (AvgIpc) is 2.42. The predicted molar refractivity (Wildman–Crippen MR) is 98.4 cm³/mol. The van der Waals surface area contributed by atoms with Gasteiger partial charge < -0.3 is 0 Å². The lowest BCUT2D eigenvalue weighted by Gasteiger charge is -2.11. The van der Waals surface area contributed by atoms with Crippen molar-refractivity contribution in [3.05, 3.63) is 70.9 Å². The van der Waals surface area contributed by atoms with Crippen LogP contribution in [-0.2, 0) is 0 Å². The highest BCUT2D eigenvalue weighted by Gasteiger charge is 2.04. The van der Waals surface area contributed by atoms with Gasteiger partial charge in [0.1, 0.15) is 0 Å². The molecule has 0 fully saturated rings. The number of allylic oxidation sites excluding steroid dienone is 11. The molecule has 0 aromatic heterocycles. The summed E-state index contributed by atoms with van der Waals surface area (Å²) < 4.78 is 0. The molecular formula is C21H32. The van der Waals surface area contributed by atoms with Crippen molar-refractivity contribution in [1.82, 2.24) is 0 Å². The molecule has 0 heterocycles. The Morgan fingerprint density at radius 1 is 1.05 bits per heavy atom. The standard InChI is InChI=1S/C21H32/c1-9-12-18(7)21(13-10-2)19(8)15-20(14-16(4)5)17(6)11-3/h9-10,12-16H,6,11H2,1-5,7-8H3/b12-9-,13-10-,19-15+,20-14+,21-18+. The minimum atomic E-state index is 0.526. The Balaban J connectivity index is 5.84. The third kappa shape index (κ3) is 7.13. The van der Waals surface area contributed by atoms with Gasteiger partial charge in [-0.15, -0.1) is 0 Å². The van der Waals surface area contributed by atoms with Crippen LogP contribution in [0.4, 0.5) is 0 Å². The molecule has 0 unspecified atom stereocenters. The summed E-state index contributed by atoms with van der Waals surface area (Å²) in [6.45, 7) is 19.2. The maximum Gasteiger partial charge on any atom is -0.0201 e. The number of rotatable bonds is 7. The van der Waals surface area contributed by atoms with E-state index in [4.69, 9.17) is 0 Å². The van der Waals surface area contributed by atoms with Gasteiger partial charge in [-0.2, -0.15) is 0 Å². The molecule has 0 nitrogen and oxygen atoms in total. The topological polar surface area (TPSA) is 0 Å². The molecule has 0 bridgehead atoms. The van der Waals surface area contributed by atoms with Gasteiger partial charge in [0, 0.05) is 0 Å². The Bertz CT molecular complexity index is 488. The summed E-state index contributed by atoms with van der Waals surface area (Å²) in [7, 11) is 0. The van der Waals surface area contributed by atoms with E-state index in [1.54, 1.807) is 0 Å². The van der Waals surface area contributed by atoms with E-state index >= 15 is 0 Å². The molecule has 0 saturated carbocycles. The van der Waals surface area contributed by atoms with Gasteiger partial charge in [-0.3, -0.25) is 0 Å². The summed E-state index contributed by atoms with van der Waals surface area (Å²) in [6, 6.07) is 0. The van der Waals surface area contributed by atoms with E-state index in [-0.39, 0.29) is 0 Å². The van der Waals surface area contributed by atoms with Crippen LogP contribution in [0.1, 0.15) is 54.9 Å². The molecule has 0 aliphatic heterocycles. The molecule has 0 rings (SSSR count). The van der Waals surface area contributed by atoms with Crippen molar-refractivity contribution < 1.29 is 0 Å². The SMILES string of the molecule is C=C(CC)C(=C/C(C)C)/C=C(C)/C(/C=C\C)=C(C)/C=C\C. The van der Waals surface area contributed by atoms with Gasteiger partial charge in [0.25, 0.3) is 0 Å². The minimum Gasteiger partial charge on any atom is -0.0953 e. The van der Waals surface area contributed by atoms with Crippen LogP contribution in [0.2, 0.25) is 0 Å². The molecule has 0 spiro atoms. The molecule has 116 valence electrons. The molecule has 0 saturated heterocycles. The first-order valence-corrected chi connectivity index (χ1v) is 7.92. The minimum absolute atomic E-state index is 0.526. The van der Waals surface area contributed by atoms with Gasteiger partial charge in [0.05, 0.1) is 0 Å². The van der Waals surface area contributed by atoms with E-state index in [0.29, 0.717) is 5.92 Å². The van der Waals surface area contributed by atoms with Crippen molar-refractivity contribution in [3.63, 3.8) is 0 Å². The van der Waals surface area contributed by atoms with Crippen molar-refractivity contribution in [3.8, 4) is 0 Å². The van der Waals surface area contributed by atoms with Crippen molar-refractivity contribution >= 4 is 0 Å². The second kappa shape index (κ2) is 10.2. The van der Waals surface area contributed by atoms with Gasteiger partial charge in [0.2, 0.25) is 0 Å². The Morgan fingerprint density at radius 3 is 2.05 bits per heavy atom. The summed E-state index contributed by atoms with van der Waals surface area (Å²) in [5.74, 6) is 0.526. The first kappa shape index (κ1) is 19.4. The van der Waals surface area contributed by atoms with Gasteiger partial charge in [-0.05, 0) is 67.9 Å². The first-order valence-electron chi connectivity index (χ1n) is 7.92. The van der Waals surface area contributed by atoms with Crippen LogP contribution in [0.3, 0.4) is 0 Å². The van der Waals surface area contributed by atoms with Gasteiger partial charge in [-0.1, -0.05) is 63.8 Å². The van der Waals surface area contributed by atoms with E-state index < -0.39 is 0 Å². The largest absolute Gasteiger partial charge is 0.0953 e. The monoisotopic (exact) mass is 284 g/mol. The predicted octanol–water partition coefficient (Wildman–Crippen LogP) is 6.95. The van der Waals surface area contributed by atoms with E-state index in [0.717, 1.165) is 6.42 Å². The molecule has 0 amide bonds. The van der Waals surface area contributed by atoms with E-state index in [2.05, 4.69) is 91.5 Å². The highest BCUT2D eigenvalue weighted by atomic mass is 14.1. The van der Waals surface area contributed by atoms with Gasteiger partial charge in [0.15, 0.2) is 0 Å². The fraction of sp³-hybridized carbons (Fsp3) is 0.429. The van der Waals surface area contributed by atoms with Crippen molar-refractivity contribution in [2.24, 2.45) is 5.92 Å². The zero-order chi connectivity index (χ0) is 16.4. The molecule has 21 heavy (non-hydrogen) atoms. The first-order chi connectivity index (χ1) is 9.87. The maximum atomic E-state index is 4.21. The van der Waals surface area contributed by atoms with Crippen LogP contribution >= 0.6 is 0 Å². The van der Waals surface area contributed by atoms with Crippen molar-refractivity contribution in [2.75, 3.05) is 0 Å². The van der Waals surface area contributed by atoms with Crippen molar-refractivity contribution in [2.45, 2.75) is 54.9 Å². The third-order valence-electron chi connectivity index (χ3n) is 3.32. The maximum absolute atomic E-state index is 4.21. The Morgan fingerprint density at radius 2 is 1.62 bits per heavy atom. The van der Waals surface area contributed by atoms with Crippen LogP contribution in [0.15, 0.2) is 70.9 Å². The summed E-state index contributed by atoms with van der Waals surface area (Å²) in [6.07, 6.45) is 14.1. The van der Waals surface area contributed by atoms with Crippen LogP contribution in [0.25, 0.3) is 0 Å². The van der Waals surface area contributed by atoms with Crippen molar-refractivity contribution in [1.29, 1.82) is 0 Å². The van der Waals surface area contributed by atoms with Crippen LogP contribution in [-0.4, -0.2) is 0 Å². The zero-order valence-electron chi connectivity index (χ0n) is 15.0. The smallest absolute Gasteiger partial charge is 0.0201 e. The molecular weight excluding hydrogens is 252 g/mol. The molecule has 0 N–H and O–H groups in total. The molecule has 0 atom stereocenters. The molecule has 0 radical (unpaired) electrons. The Hall–Kier alpha value is -1.56. The third-order valence-corrected chi connectivity index (χ3v) is 3.32. The number of hydrogen-bond donors (Lipinski definition) is 0. The molecule has 0 heteroatoms. The second-order valence-corrected chi connectivity index (χ2v) is 5.75. The van der Waals surface area contributed by atoms with Crippen LogP contribution < -0.4 is 0 Å². The lowest BCUT2D eigenvalue weighted by Crippen LogP contribution is -1.93. The van der Waals surface area contributed by atoms with Crippen LogP contribution in [0.5, 0.6) is 0 Å². The number of hydrogen-bond acceptors (Lipinski definition) is 0. The van der Waals surface area contributed by atoms with E-state index in [1.165, 1.54) is 27.9 Å². The molecule has 0 aliphatic carbocycles. The van der Waals surface area contributed by atoms with Gasteiger partial charge in [-0.25, -0.2) is 0 Å². The molecule has 0 aliphatic rings. The molecule has 0 aromatic carbocycles. The van der Waals surface area contributed by atoms with Gasteiger partial charge >= 0.3 is 0 Å². The lowest BCUT2D eigenvalue weighted by atomic mass is 9.94. The summed E-state index contributed by atoms with van der Waals surface area (Å²) in [5.41, 5.74) is 6.32. The summed E-state index contributed by atoms with van der Waals surface area (Å²) in [5, 5.41) is 0.